The third kappa shape index (κ3) is 4.59. The molecule has 2 aromatic heterocycles. The molecule has 4 saturated carbocycles. The van der Waals surface area contributed by atoms with Crippen LogP contribution in [0, 0.1) is 23.2 Å². The highest BCUT2D eigenvalue weighted by Crippen LogP contribution is 2.60. The zero-order chi connectivity index (χ0) is 21.3. The van der Waals surface area contributed by atoms with Crippen LogP contribution in [-0.4, -0.2) is 23.3 Å². The Labute approximate surface area is 188 Å². The number of nitrogens with zero attached hydrogens (tertiary/aromatic N) is 1. The molecule has 1 N–H and O–H groups in total. The molecule has 2 heterocycles. The average molecular weight is 441 g/mol. The number of amides is 2. The number of rotatable bonds is 9. The molecule has 0 aromatic carbocycles. The maximum absolute atomic E-state index is 13.1. The number of carbonyl (C=O) groups is 2. The molecule has 4 bridgehead atoms. The van der Waals surface area contributed by atoms with Crippen LogP contribution in [0.5, 0.6) is 0 Å². The van der Waals surface area contributed by atoms with Crippen LogP contribution in [0.2, 0.25) is 0 Å². The number of furan rings is 1. The van der Waals surface area contributed by atoms with Crippen LogP contribution < -0.4 is 5.32 Å². The number of nitrogens with one attached hydrogen (secondary N) is 1. The van der Waals surface area contributed by atoms with Crippen molar-refractivity contribution in [2.75, 3.05) is 6.54 Å². The van der Waals surface area contributed by atoms with Crippen LogP contribution in [0.4, 0.5) is 0 Å². The van der Waals surface area contributed by atoms with Crippen LogP contribution in [0.1, 0.15) is 62.0 Å². The van der Waals surface area contributed by atoms with Crippen molar-refractivity contribution in [1.29, 1.82) is 0 Å². The van der Waals surface area contributed by atoms with Gasteiger partial charge in [-0.25, -0.2) is 0 Å². The Morgan fingerprint density at radius 2 is 1.81 bits per heavy atom. The minimum absolute atomic E-state index is 0.105. The van der Waals surface area contributed by atoms with Gasteiger partial charge in [0, 0.05) is 23.3 Å². The lowest BCUT2D eigenvalue weighted by molar-refractivity contribution is -0.146. The Morgan fingerprint density at radius 1 is 1.06 bits per heavy atom. The summed E-state index contributed by atoms with van der Waals surface area (Å²) in [6.45, 7) is 1.65. The molecule has 2 amide bonds. The maximum atomic E-state index is 13.1. The van der Waals surface area contributed by atoms with E-state index in [4.69, 9.17) is 4.42 Å². The Kier molecular flexibility index (Phi) is 5.91. The summed E-state index contributed by atoms with van der Waals surface area (Å²) in [5, 5.41) is 5.23. The van der Waals surface area contributed by atoms with Crippen molar-refractivity contribution < 1.29 is 14.0 Å². The predicted molar refractivity (Wildman–Crippen MR) is 120 cm³/mol. The molecule has 0 unspecified atom stereocenters. The monoisotopic (exact) mass is 440 g/mol. The van der Waals surface area contributed by atoms with Gasteiger partial charge in [-0.1, -0.05) is 6.07 Å². The first-order valence-corrected chi connectivity index (χ1v) is 12.6. The number of hydrogen-bond acceptors (Lipinski definition) is 4. The zero-order valence-electron chi connectivity index (χ0n) is 18.1. The fourth-order valence-corrected chi connectivity index (χ4v) is 7.31. The van der Waals surface area contributed by atoms with Gasteiger partial charge < -0.3 is 14.6 Å². The Balaban J connectivity index is 1.12. The van der Waals surface area contributed by atoms with E-state index in [1.54, 1.807) is 17.6 Å². The Hall–Kier alpha value is -2.08. The fraction of sp³-hybridized carbons (Fsp3) is 0.600. The molecule has 6 heteroatoms. The summed E-state index contributed by atoms with van der Waals surface area (Å²) in [7, 11) is 0. The molecule has 166 valence electrons. The van der Waals surface area contributed by atoms with Gasteiger partial charge in [0.2, 0.25) is 11.8 Å². The Morgan fingerprint density at radius 3 is 2.42 bits per heavy atom. The average Bonchev–Trinajstić information content (AvgIpc) is 3.43. The van der Waals surface area contributed by atoms with Gasteiger partial charge >= 0.3 is 0 Å². The van der Waals surface area contributed by atoms with Crippen LogP contribution in [0.3, 0.4) is 0 Å². The van der Waals surface area contributed by atoms with Crippen molar-refractivity contribution in [3.05, 3.63) is 46.5 Å². The summed E-state index contributed by atoms with van der Waals surface area (Å²) in [6.07, 6.45) is 10.0. The van der Waals surface area contributed by atoms with E-state index in [0.717, 1.165) is 47.7 Å². The van der Waals surface area contributed by atoms with Crippen molar-refractivity contribution in [3.8, 4) is 0 Å². The lowest BCUT2D eigenvalue weighted by Crippen LogP contribution is -2.53. The standard InChI is InChI=1S/C25H32N2O3S/c28-23(27(16-21-4-2-8-30-21)17-22-5-3-9-31-22)6-1-7-26-24(29)25-13-18-10-19(14-25)12-20(11-18)15-25/h2-5,8-9,18-20H,1,6-7,10-17H2,(H,26,29). The SMILES string of the molecule is O=C(CCCNC(=O)C12CC3CC(CC(C3)C1)C2)N(Cc1ccco1)Cc1cccs1. The smallest absolute Gasteiger partial charge is 0.226 e. The van der Waals surface area contributed by atoms with E-state index >= 15 is 0 Å². The quantitative estimate of drug-likeness (QED) is 0.559. The normalized spacial score (nSPS) is 28.6. The first-order chi connectivity index (χ1) is 15.1. The maximum Gasteiger partial charge on any atom is 0.226 e. The largest absolute Gasteiger partial charge is 0.467 e. The molecule has 4 aliphatic carbocycles. The summed E-state index contributed by atoms with van der Waals surface area (Å²) >= 11 is 1.66. The summed E-state index contributed by atoms with van der Waals surface area (Å²) in [5.74, 6) is 3.46. The van der Waals surface area contributed by atoms with Crippen molar-refractivity contribution in [3.63, 3.8) is 0 Å². The molecule has 0 atom stereocenters. The van der Waals surface area contributed by atoms with E-state index < -0.39 is 0 Å². The van der Waals surface area contributed by atoms with E-state index in [1.807, 2.05) is 28.5 Å². The van der Waals surface area contributed by atoms with Gasteiger partial charge in [0.25, 0.3) is 0 Å². The summed E-state index contributed by atoms with van der Waals surface area (Å²) in [5.41, 5.74) is -0.108. The molecule has 2 aromatic rings. The Bertz CT molecular complexity index is 818. The van der Waals surface area contributed by atoms with Crippen molar-refractivity contribution in [2.45, 2.75) is 64.5 Å². The molecule has 0 saturated heterocycles. The molecule has 0 aliphatic heterocycles. The summed E-state index contributed by atoms with van der Waals surface area (Å²) < 4.78 is 5.46. The van der Waals surface area contributed by atoms with Crippen LogP contribution in [-0.2, 0) is 22.7 Å². The molecular weight excluding hydrogens is 408 g/mol. The van der Waals surface area contributed by atoms with Gasteiger partial charge in [0.1, 0.15) is 5.76 Å². The van der Waals surface area contributed by atoms with Gasteiger partial charge in [0.15, 0.2) is 0 Å². The number of thiophene rings is 1. The molecular formula is C25H32N2O3S. The molecule has 0 spiro atoms. The lowest BCUT2D eigenvalue weighted by Gasteiger charge is -2.55. The summed E-state index contributed by atoms with van der Waals surface area (Å²) in [6, 6.07) is 7.82. The molecule has 4 fully saturated rings. The van der Waals surface area contributed by atoms with Gasteiger partial charge in [-0.3, -0.25) is 9.59 Å². The molecule has 0 radical (unpaired) electrons. The first-order valence-electron chi connectivity index (χ1n) is 11.7. The van der Waals surface area contributed by atoms with Crippen LogP contribution in [0.15, 0.2) is 40.3 Å². The first kappa shape index (κ1) is 20.8. The van der Waals surface area contributed by atoms with Crippen molar-refractivity contribution >= 4 is 23.2 Å². The predicted octanol–water partition coefficient (Wildman–Crippen LogP) is 4.98. The van der Waals surface area contributed by atoms with Crippen molar-refractivity contribution in [2.24, 2.45) is 23.2 Å². The van der Waals surface area contributed by atoms with Gasteiger partial charge in [-0.15, -0.1) is 11.3 Å². The number of hydrogen-bond donors (Lipinski definition) is 1. The lowest BCUT2D eigenvalue weighted by atomic mass is 9.49. The third-order valence-electron chi connectivity index (χ3n) is 7.58. The highest BCUT2D eigenvalue weighted by atomic mass is 32.1. The van der Waals surface area contributed by atoms with Crippen LogP contribution in [0.25, 0.3) is 0 Å². The second-order valence-electron chi connectivity index (χ2n) is 9.97. The second kappa shape index (κ2) is 8.81. The van der Waals surface area contributed by atoms with E-state index in [1.165, 1.54) is 19.3 Å². The van der Waals surface area contributed by atoms with E-state index in [0.29, 0.717) is 32.5 Å². The third-order valence-corrected chi connectivity index (χ3v) is 8.44. The summed E-state index contributed by atoms with van der Waals surface area (Å²) in [4.78, 5) is 29.0. The minimum Gasteiger partial charge on any atom is -0.467 e. The zero-order valence-corrected chi connectivity index (χ0v) is 18.9. The van der Waals surface area contributed by atoms with Gasteiger partial charge in [-0.2, -0.15) is 0 Å². The van der Waals surface area contributed by atoms with Crippen LogP contribution >= 0.6 is 11.3 Å². The number of carbonyl (C=O) groups excluding carboxylic acids is 2. The topological polar surface area (TPSA) is 62.6 Å². The van der Waals surface area contributed by atoms with Gasteiger partial charge in [0.05, 0.1) is 19.4 Å². The van der Waals surface area contributed by atoms with Gasteiger partial charge in [-0.05, 0) is 86.3 Å². The van der Waals surface area contributed by atoms with E-state index in [2.05, 4.69) is 11.4 Å². The highest BCUT2D eigenvalue weighted by Gasteiger charge is 2.54. The molecule has 31 heavy (non-hydrogen) atoms. The van der Waals surface area contributed by atoms with E-state index in [9.17, 15) is 9.59 Å². The minimum atomic E-state index is -0.108. The molecule has 6 rings (SSSR count). The van der Waals surface area contributed by atoms with Crippen molar-refractivity contribution in [1.82, 2.24) is 10.2 Å². The molecule has 5 nitrogen and oxygen atoms in total. The highest BCUT2D eigenvalue weighted by molar-refractivity contribution is 7.09. The van der Waals surface area contributed by atoms with E-state index in [-0.39, 0.29) is 17.2 Å². The second-order valence-corrected chi connectivity index (χ2v) is 11.0. The fourth-order valence-electron chi connectivity index (χ4n) is 6.59. The molecule has 4 aliphatic rings.